The number of aliphatic carboxylic acids is 1. The summed E-state index contributed by atoms with van der Waals surface area (Å²) in [7, 11) is 0. The van der Waals surface area contributed by atoms with E-state index in [0.29, 0.717) is 22.4 Å². The summed E-state index contributed by atoms with van der Waals surface area (Å²) in [5, 5.41) is 25.6. The predicted octanol–water partition coefficient (Wildman–Crippen LogP) is 2.99. The van der Waals surface area contributed by atoms with Crippen molar-refractivity contribution in [3.63, 3.8) is 0 Å². The first-order chi connectivity index (χ1) is 18.5. The topological polar surface area (TPSA) is 150 Å². The number of hydrogen-bond acceptors (Lipinski definition) is 7. The molecule has 2 aromatic heterocycles. The fourth-order valence-electron chi connectivity index (χ4n) is 4.13. The normalized spacial score (nSPS) is 12.0. The standard InChI is InChI=1S/C26H24F2N6O5/c1-14-7-17(4-5-19(14)25(38)39)15(2)33(12-23(35)36)11-18-9-22(32-26-30-13-31-34(18)26)24(37)29-10-16-3-6-20(27)21(28)8-16/h3-9,13,15H,10-12H2,1-2H3,(H,29,37)(H,35,36)(H,38,39)/t15-/m0/s1. The van der Waals surface area contributed by atoms with Crippen molar-refractivity contribution in [3.05, 3.63) is 94.1 Å². The van der Waals surface area contributed by atoms with Crippen molar-refractivity contribution in [2.75, 3.05) is 6.54 Å². The van der Waals surface area contributed by atoms with Gasteiger partial charge in [0.05, 0.1) is 17.8 Å². The molecule has 0 aliphatic carbocycles. The van der Waals surface area contributed by atoms with Gasteiger partial charge in [-0.3, -0.25) is 14.5 Å². The van der Waals surface area contributed by atoms with Crippen LogP contribution >= 0.6 is 0 Å². The zero-order valence-corrected chi connectivity index (χ0v) is 20.9. The van der Waals surface area contributed by atoms with Crippen LogP contribution in [0.2, 0.25) is 0 Å². The van der Waals surface area contributed by atoms with Gasteiger partial charge in [0.1, 0.15) is 12.0 Å². The number of carboxylic acids is 2. The first-order valence-electron chi connectivity index (χ1n) is 11.7. The Bertz CT molecular complexity index is 1570. The fourth-order valence-corrected chi connectivity index (χ4v) is 4.13. The Morgan fingerprint density at radius 1 is 1.08 bits per heavy atom. The lowest BCUT2D eigenvalue weighted by Gasteiger charge is -2.28. The molecule has 0 unspecified atom stereocenters. The Kier molecular flexibility index (Phi) is 7.91. The van der Waals surface area contributed by atoms with Gasteiger partial charge in [-0.1, -0.05) is 18.2 Å². The van der Waals surface area contributed by atoms with Gasteiger partial charge in [-0.15, -0.1) is 0 Å². The SMILES string of the molecule is Cc1cc([C@H](C)N(CC(=O)O)Cc2cc(C(=O)NCc3ccc(F)c(F)c3)nc3ncnn23)ccc1C(=O)O. The summed E-state index contributed by atoms with van der Waals surface area (Å²) >= 11 is 0. The number of amides is 1. The van der Waals surface area contributed by atoms with Gasteiger partial charge in [0.2, 0.25) is 0 Å². The van der Waals surface area contributed by atoms with Crippen molar-refractivity contribution >= 4 is 23.6 Å². The van der Waals surface area contributed by atoms with E-state index in [4.69, 9.17) is 0 Å². The largest absolute Gasteiger partial charge is 0.480 e. The van der Waals surface area contributed by atoms with Gasteiger partial charge < -0.3 is 15.5 Å². The zero-order chi connectivity index (χ0) is 28.3. The lowest BCUT2D eigenvalue weighted by Crippen LogP contribution is -2.33. The number of fused-ring (bicyclic) bond motifs is 1. The summed E-state index contributed by atoms with van der Waals surface area (Å²) in [6, 6.07) is 9.07. The molecule has 2 heterocycles. The van der Waals surface area contributed by atoms with E-state index in [2.05, 4.69) is 20.4 Å². The lowest BCUT2D eigenvalue weighted by atomic mass is 10.00. The molecular weight excluding hydrogens is 514 g/mol. The number of aryl methyl sites for hydroxylation is 1. The van der Waals surface area contributed by atoms with Crippen LogP contribution < -0.4 is 5.32 Å². The summed E-state index contributed by atoms with van der Waals surface area (Å²) in [4.78, 5) is 45.9. The van der Waals surface area contributed by atoms with Gasteiger partial charge in [0, 0.05) is 19.1 Å². The Morgan fingerprint density at radius 3 is 2.51 bits per heavy atom. The number of nitrogens with zero attached hydrogens (tertiary/aromatic N) is 5. The highest BCUT2D eigenvalue weighted by molar-refractivity contribution is 5.92. The molecule has 4 aromatic rings. The molecule has 1 amide bonds. The Morgan fingerprint density at radius 2 is 1.85 bits per heavy atom. The number of halogens is 2. The molecule has 0 saturated heterocycles. The summed E-state index contributed by atoms with van der Waals surface area (Å²) < 4.78 is 28.1. The number of nitrogens with one attached hydrogen (secondary N) is 1. The third kappa shape index (κ3) is 6.21. The van der Waals surface area contributed by atoms with Crippen molar-refractivity contribution in [2.24, 2.45) is 0 Å². The number of carbonyl (C=O) groups is 3. The summed E-state index contributed by atoms with van der Waals surface area (Å²) in [5.41, 5.74) is 2.11. The van der Waals surface area contributed by atoms with E-state index in [1.165, 1.54) is 29.0 Å². The molecule has 202 valence electrons. The molecule has 3 N–H and O–H groups in total. The molecule has 0 aliphatic rings. The number of carboxylic acid groups (broad SMARTS) is 2. The monoisotopic (exact) mass is 538 g/mol. The van der Waals surface area contributed by atoms with Crippen molar-refractivity contribution in [3.8, 4) is 0 Å². The van der Waals surface area contributed by atoms with Gasteiger partial charge in [0.15, 0.2) is 11.6 Å². The number of hydrogen-bond donors (Lipinski definition) is 3. The maximum atomic E-state index is 13.5. The van der Waals surface area contributed by atoms with E-state index in [1.54, 1.807) is 30.9 Å². The zero-order valence-electron chi connectivity index (χ0n) is 20.9. The number of aromatic carboxylic acids is 1. The highest BCUT2D eigenvalue weighted by Gasteiger charge is 2.23. The summed E-state index contributed by atoms with van der Waals surface area (Å²) in [6.45, 7) is 3.02. The number of rotatable bonds is 10. The van der Waals surface area contributed by atoms with Crippen LogP contribution in [0.4, 0.5) is 8.78 Å². The maximum Gasteiger partial charge on any atom is 0.335 e. The lowest BCUT2D eigenvalue weighted by molar-refractivity contribution is -0.139. The molecule has 4 rings (SSSR count). The Balaban J connectivity index is 1.61. The van der Waals surface area contributed by atoms with E-state index in [-0.39, 0.29) is 36.7 Å². The van der Waals surface area contributed by atoms with E-state index in [1.807, 2.05) is 0 Å². The summed E-state index contributed by atoms with van der Waals surface area (Å²) in [6.07, 6.45) is 1.24. The van der Waals surface area contributed by atoms with Crippen LogP contribution in [0.15, 0.2) is 48.8 Å². The van der Waals surface area contributed by atoms with Crippen LogP contribution in [-0.2, 0) is 17.9 Å². The molecule has 1 atom stereocenters. The van der Waals surface area contributed by atoms with Crippen LogP contribution in [0.25, 0.3) is 5.78 Å². The molecule has 0 fully saturated rings. The average molecular weight is 539 g/mol. The van der Waals surface area contributed by atoms with Gasteiger partial charge >= 0.3 is 11.9 Å². The molecular formula is C26H24F2N6O5. The van der Waals surface area contributed by atoms with Crippen LogP contribution in [-0.4, -0.2) is 59.1 Å². The molecule has 0 bridgehead atoms. The summed E-state index contributed by atoms with van der Waals surface area (Å²) in [5.74, 6) is -4.68. The van der Waals surface area contributed by atoms with Crippen LogP contribution in [0.5, 0.6) is 0 Å². The highest BCUT2D eigenvalue weighted by atomic mass is 19.2. The number of benzene rings is 2. The smallest absolute Gasteiger partial charge is 0.335 e. The molecule has 2 aromatic carbocycles. The second kappa shape index (κ2) is 11.3. The van der Waals surface area contributed by atoms with Gasteiger partial charge in [-0.05, 0) is 54.8 Å². The number of aromatic nitrogens is 4. The molecule has 0 spiro atoms. The van der Waals surface area contributed by atoms with Gasteiger partial charge in [0.25, 0.3) is 11.7 Å². The molecule has 13 heteroatoms. The first-order valence-corrected chi connectivity index (χ1v) is 11.7. The van der Waals surface area contributed by atoms with E-state index in [9.17, 15) is 33.4 Å². The maximum absolute atomic E-state index is 13.5. The molecule has 0 saturated carbocycles. The van der Waals surface area contributed by atoms with Crippen LogP contribution in [0, 0.1) is 18.6 Å². The van der Waals surface area contributed by atoms with Gasteiger partial charge in [-0.2, -0.15) is 10.1 Å². The average Bonchev–Trinajstić information content (AvgIpc) is 3.37. The second-order valence-corrected chi connectivity index (χ2v) is 8.89. The molecule has 0 radical (unpaired) electrons. The van der Waals surface area contributed by atoms with E-state index in [0.717, 1.165) is 12.1 Å². The van der Waals surface area contributed by atoms with Crippen LogP contribution in [0.1, 0.15) is 56.2 Å². The van der Waals surface area contributed by atoms with Crippen molar-refractivity contribution in [2.45, 2.75) is 33.0 Å². The quantitative estimate of drug-likeness (QED) is 0.277. The first kappa shape index (κ1) is 27.3. The molecule has 39 heavy (non-hydrogen) atoms. The third-order valence-electron chi connectivity index (χ3n) is 6.21. The molecule has 0 aliphatic heterocycles. The third-order valence-corrected chi connectivity index (χ3v) is 6.21. The van der Waals surface area contributed by atoms with Crippen molar-refractivity contribution < 1.29 is 33.4 Å². The van der Waals surface area contributed by atoms with Crippen LogP contribution in [0.3, 0.4) is 0 Å². The van der Waals surface area contributed by atoms with E-state index < -0.39 is 35.5 Å². The van der Waals surface area contributed by atoms with Crippen molar-refractivity contribution in [1.82, 2.24) is 29.8 Å². The highest BCUT2D eigenvalue weighted by Crippen LogP contribution is 2.25. The Hall–Kier alpha value is -4.78. The Labute approximate surface area is 220 Å². The van der Waals surface area contributed by atoms with E-state index >= 15 is 0 Å². The predicted molar refractivity (Wildman–Crippen MR) is 133 cm³/mol. The minimum atomic E-state index is -1.09. The fraction of sp³-hybridized carbons (Fsp3) is 0.231. The van der Waals surface area contributed by atoms with Crippen molar-refractivity contribution in [1.29, 1.82) is 0 Å². The number of carbonyl (C=O) groups excluding carboxylic acids is 1. The second-order valence-electron chi connectivity index (χ2n) is 8.89. The van der Waals surface area contributed by atoms with Gasteiger partial charge in [-0.25, -0.2) is 23.1 Å². The minimum absolute atomic E-state index is 0.0268. The molecule has 11 nitrogen and oxygen atoms in total. The minimum Gasteiger partial charge on any atom is -0.480 e.